The molecular weight excluding hydrogens is 420 g/mol. The Hall–Kier alpha value is -3.79. The molecule has 1 heterocycles. The van der Waals surface area contributed by atoms with Crippen molar-refractivity contribution in [2.75, 3.05) is 10.6 Å². The summed E-state index contributed by atoms with van der Waals surface area (Å²) >= 11 is 1.24. The summed E-state index contributed by atoms with van der Waals surface area (Å²) in [5, 5.41) is 13.0. The predicted octanol–water partition coefficient (Wildman–Crippen LogP) is 4.29. The van der Waals surface area contributed by atoms with E-state index in [9.17, 15) is 19.7 Å². The highest BCUT2D eigenvalue weighted by Crippen LogP contribution is 2.32. The Morgan fingerprint density at radius 3 is 2.68 bits per heavy atom. The lowest BCUT2D eigenvalue weighted by atomic mass is 10.1. The lowest BCUT2D eigenvalue weighted by molar-refractivity contribution is -0.384. The Labute approximate surface area is 182 Å². The monoisotopic (exact) mass is 440 g/mol. The molecule has 0 saturated carbocycles. The van der Waals surface area contributed by atoms with Crippen LogP contribution in [0.3, 0.4) is 0 Å². The van der Waals surface area contributed by atoms with Crippen LogP contribution < -0.4 is 10.6 Å². The first kappa shape index (κ1) is 21.9. The van der Waals surface area contributed by atoms with Gasteiger partial charge in [-0.2, -0.15) is 0 Å². The van der Waals surface area contributed by atoms with Gasteiger partial charge in [0.15, 0.2) is 5.13 Å². The van der Waals surface area contributed by atoms with Crippen molar-refractivity contribution in [3.63, 3.8) is 0 Å². The average Bonchev–Trinajstić information content (AvgIpc) is 3.18. The Kier molecular flexibility index (Phi) is 6.30. The number of esters is 1. The number of aromatic nitrogens is 1. The first-order valence-electron chi connectivity index (χ1n) is 9.21. The van der Waals surface area contributed by atoms with Crippen molar-refractivity contribution in [1.29, 1.82) is 0 Å². The summed E-state index contributed by atoms with van der Waals surface area (Å²) in [6.45, 7) is 5.17. The molecule has 31 heavy (non-hydrogen) atoms. The number of carbonyl (C=O) groups excluding carboxylic acids is 2. The molecule has 2 N–H and O–H groups in total. The molecule has 0 radical (unpaired) electrons. The van der Waals surface area contributed by atoms with Crippen LogP contribution in [0.15, 0.2) is 41.8 Å². The number of aryl methyl sites for hydroxylation is 1. The largest absolute Gasteiger partial charge is 0.455 e. The van der Waals surface area contributed by atoms with Crippen LogP contribution in [0.2, 0.25) is 0 Å². The second-order valence-corrected chi connectivity index (χ2v) is 7.64. The molecular formula is C21H20N4O5S. The molecule has 0 aliphatic rings. The third-order valence-electron chi connectivity index (χ3n) is 4.68. The molecule has 9 nitrogen and oxygen atoms in total. The van der Waals surface area contributed by atoms with Gasteiger partial charge in [0, 0.05) is 30.1 Å². The summed E-state index contributed by atoms with van der Waals surface area (Å²) in [6.07, 6.45) is 0. The molecule has 0 aliphatic heterocycles. The van der Waals surface area contributed by atoms with Crippen molar-refractivity contribution in [2.45, 2.75) is 27.4 Å². The van der Waals surface area contributed by atoms with Gasteiger partial charge in [-0.25, -0.2) is 9.78 Å². The minimum Gasteiger partial charge on any atom is -0.455 e. The number of nitrogen functional groups attached to an aromatic ring is 1. The number of ether oxygens (including phenoxy) is 1. The number of rotatable bonds is 6. The quantitative estimate of drug-likeness (QED) is 0.262. The number of hydrogen-bond donors (Lipinski definition) is 1. The molecule has 0 atom stereocenters. The fraction of sp³-hybridized carbons (Fsp3) is 0.190. The zero-order valence-corrected chi connectivity index (χ0v) is 17.9. The van der Waals surface area contributed by atoms with E-state index < -0.39 is 10.9 Å². The van der Waals surface area contributed by atoms with E-state index in [-0.39, 0.29) is 29.5 Å². The van der Waals surface area contributed by atoms with Gasteiger partial charge in [-0.3, -0.25) is 19.8 Å². The van der Waals surface area contributed by atoms with Crippen molar-refractivity contribution in [3.05, 3.63) is 74.3 Å². The lowest BCUT2D eigenvalue weighted by Gasteiger charge is -2.21. The van der Waals surface area contributed by atoms with Crippen molar-refractivity contribution in [1.82, 2.24) is 4.98 Å². The minimum absolute atomic E-state index is 0.0762. The van der Waals surface area contributed by atoms with Crippen molar-refractivity contribution in [2.24, 2.45) is 0 Å². The maximum Gasteiger partial charge on any atom is 0.340 e. The van der Waals surface area contributed by atoms with Crippen LogP contribution in [0.5, 0.6) is 0 Å². The van der Waals surface area contributed by atoms with Gasteiger partial charge in [-0.15, -0.1) is 11.3 Å². The maximum absolute atomic E-state index is 12.4. The number of nitro groups is 1. The minimum atomic E-state index is -0.797. The summed E-state index contributed by atoms with van der Waals surface area (Å²) in [6, 6.07) is 9.24. The van der Waals surface area contributed by atoms with Gasteiger partial charge >= 0.3 is 5.97 Å². The topological polar surface area (TPSA) is 129 Å². The normalized spacial score (nSPS) is 10.5. The summed E-state index contributed by atoms with van der Waals surface area (Å²) in [5.74, 6) is -0.996. The van der Waals surface area contributed by atoms with Crippen LogP contribution in [0.25, 0.3) is 0 Å². The second kappa shape index (κ2) is 8.92. The number of nitro benzene ring substituents is 1. The molecule has 2 aromatic carbocycles. The van der Waals surface area contributed by atoms with Gasteiger partial charge in [0.1, 0.15) is 6.61 Å². The highest BCUT2D eigenvalue weighted by molar-refractivity contribution is 7.14. The number of benzene rings is 2. The summed E-state index contributed by atoms with van der Waals surface area (Å²) in [5.41, 5.74) is 8.64. The smallest absolute Gasteiger partial charge is 0.340 e. The maximum atomic E-state index is 12.4. The van der Waals surface area contributed by atoms with E-state index in [1.54, 1.807) is 5.38 Å². The molecule has 0 fully saturated rings. The number of carbonyl (C=O) groups is 2. The first-order chi connectivity index (χ1) is 14.7. The Morgan fingerprint density at radius 2 is 2.00 bits per heavy atom. The number of thiazole rings is 1. The van der Waals surface area contributed by atoms with Gasteiger partial charge in [0.2, 0.25) is 5.91 Å². The highest BCUT2D eigenvalue weighted by Gasteiger charge is 2.21. The van der Waals surface area contributed by atoms with Gasteiger partial charge < -0.3 is 10.5 Å². The number of non-ortho nitro benzene ring substituents is 1. The molecule has 10 heteroatoms. The second-order valence-electron chi connectivity index (χ2n) is 6.80. The number of nitrogens with zero attached hydrogens (tertiary/aromatic N) is 3. The van der Waals surface area contributed by atoms with Crippen LogP contribution >= 0.6 is 11.3 Å². The zero-order valence-electron chi connectivity index (χ0n) is 17.1. The third-order valence-corrected chi connectivity index (χ3v) is 5.56. The zero-order chi connectivity index (χ0) is 22.7. The van der Waals surface area contributed by atoms with Crippen LogP contribution in [0.1, 0.15) is 34.1 Å². The van der Waals surface area contributed by atoms with Crippen LogP contribution in [0, 0.1) is 24.0 Å². The molecule has 3 rings (SSSR count). The van der Waals surface area contributed by atoms with Crippen molar-refractivity contribution in [3.8, 4) is 0 Å². The third kappa shape index (κ3) is 4.69. The van der Waals surface area contributed by atoms with E-state index in [0.29, 0.717) is 10.8 Å². The van der Waals surface area contributed by atoms with E-state index in [0.717, 1.165) is 22.9 Å². The lowest BCUT2D eigenvalue weighted by Crippen LogP contribution is -2.23. The Morgan fingerprint density at radius 1 is 1.26 bits per heavy atom. The molecule has 0 spiro atoms. The molecule has 0 saturated heterocycles. The van der Waals surface area contributed by atoms with Crippen LogP contribution in [0.4, 0.5) is 22.2 Å². The number of anilines is 3. The molecule has 0 bridgehead atoms. The van der Waals surface area contributed by atoms with Crippen molar-refractivity contribution < 1.29 is 19.2 Å². The van der Waals surface area contributed by atoms with E-state index in [1.807, 2.05) is 32.0 Å². The number of hydrogen-bond acceptors (Lipinski definition) is 8. The van der Waals surface area contributed by atoms with Crippen LogP contribution in [-0.4, -0.2) is 21.8 Å². The standard InChI is InChI=1S/C21H20N4O5S/c1-12-5-4-6-19(13(12)2)24(14(3)26)21-23-15(11-31-21)10-30-20(27)17-9-16(25(28)29)7-8-18(17)22/h4-9,11H,10,22H2,1-3H3. The van der Waals surface area contributed by atoms with E-state index in [1.165, 1.54) is 35.3 Å². The fourth-order valence-electron chi connectivity index (χ4n) is 2.90. The van der Waals surface area contributed by atoms with E-state index >= 15 is 0 Å². The molecule has 0 aliphatic carbocycles. The Bertz CT molecular complexity index is 1170. The SMILES string of the molecule is CC(=O)N(c1nc(COC(=O)c2cc([N+](=O)[O-])ccc2N)cs1)c1cccc(C)c1C. The van der Waals surface area contributed by atoms with Gasteiger partial charge in [-0.05, 0) is 37.1 Å². The van der Waals surface area contributed by atoms with Gasteiger partial charge in [0.05, 0.1) is 21.9 Å². The molecule has 1 amide bonds. The number of amides is 1. The van der Waals surface area contributed by atoms with Gasteiger partial charge in [-0.1, -0.05) is 12.1 Å². The summed E-state index contributed by atoms with van der Waals surface area (Å²) in [4.78, 5) is 40.9. The molecule has 0 unspecified atom stereocenters. The summed E-state index contributed by atoms with van der Waals surface area (Å²) in [7, 11) is 0. The first-order valence-corrected chi connectivity index (χ1v) is 10.1. The summed E-state index contributed by atoms with van der Waals surface area (Å²) < 4.78 is 5.23. The Balaban J connectivity index is 1.79. The predicted molar refractivity (Wildman–Crippen MR) is 117 cm³/mol. The molecule has 160 valence electrons. The van der Waals surface area contributed by atoms with Crippen molar-refractivity contribution >= 4 is 45.4 Å². The van der Waals surface area contributed by atoms with E-state index in [4.69, 9.17) is 10.5 Å². The molecule has 3 aromatic rings. The fourth-order valence-corrected chi connectivity index (χ4v) is 3.77. The molecule has 1 aromatic heterocycles. The average molecular weight is 440 g/mol. The van der Waals surface area contributed by atoms with Gasteiger partial charge in [0.25, 0.3) is 5.69 Å². The highest BCUT2D eigenvalue weighted by atomic mass is 32.1. The number of nitrogens with two attached hydrogens (primary N) is 1. The van der Waals surface area contributed by atoms with E-state index in [2.05, 4.69) is 4.98 Å². The van der Waals surface area contributed by atoms with Crippen LogP contribution in [-0.2, 0) is 16.1 Å².